The average Bonchev–Trinajstić information content (AvgIpc) is 3.51. The molecule has 1 aliphatic heterocycles. The van der Waals surface area contributed by atoms with Crippen molar-refractivity contribution in [2.75, 3.05) is 0 Å². The van der Waals surface area contributed by atoms with Crippen molar-refractivity contribution in [3.05, 3.63) is 41.5 Å². The zero-order valence-corrected chi connectivity index (χ0v) is 18.4. The van der Waals surface area contributed by atoms with Crippen molar-refractivity contribution in [3.8, 4) is 11.8 Å². The van der Waals surface area contributed by atoms with E-state index in [1.54, 1.807) is 25.3 Å². The Hall–Kier alpha value is -2.83. The molecule has 1 saturated heterocycles. The number of aliphatic hydroxyl groups is 1. The molecule has 5 atom stereocenters. The first kappa shape index (κ1) is 22.4. The second kappa shape index (κ2) is 8.96. The van der Waals surface area contributed by atoms with Crippen molar-refractivity contribution in [3.63, 3.8) is 0 Å². The van der Waals surface area contributed by atoms with Gasteiger partial charge in [-0.1, -0.05) is 18.2 Å². The van der Waals surface area contributed by atoms with Crippen molar-refractivity contribution in [2.24, 2.45) is 5.92 Å². The molecule has 8 nitrogen and oxygen atoms in total. The molecule has 5 unspecified atom stereocenters. The lowest BCUT2D eigenvalue weighted by Crippen LogP contribution is -2.50. The summed E-state index contributed by atoms with van der Waals surface area (Å²) in [6.07, 6.45) is 5.81. The minimum atomic E-state index is -0.875. The van der Waals surface area contributed by atoms with E-state index in [9.17, 15) is 19.6 Å². The maximum Gasteiger partial charge on any atom is 0.238 e. The normalized spacial score (nSPS) is 24.7. The molecular formula is C23H29FN6O2. The van der Waals surface area contributed by atoms with Crippen LogP contribution in [-0.2, 0) is 17.6 Å². The first-order chi connectivity index (χ1) is 15.3. The van der Waals surface area contributed by atoms with Gasteiger partial charge in [0.25, 0.3) is 0 Å². The van der Waals surface area contributed by atoms with Gasteiger partial charge in [0.15, 0.2) is 0 Å². The topological polar surface area (TPSA) is 116 Å². The molecular weight excluding hydrogens is 411 g/mol. The molecule has 32 heavy (non-hydrogen) atoms. The molecule has 3 N–H and O–H groups in total. The van der Waals surface area contributed by atoms with E-state index in [0.717, 1.165) is 19.3 Å². The van der Waals surface area contributed by atoms with Crippen molar-refractivity contribution in [2.45, 2.75) is 76.1 Å². The number of hydrogen-bond donors (Lipinski definition) is 3. The van der Waals surface area contributed by atoms with Crippen LogP contribution in [0.1, 0.15) is 50.8 Å². The monoisotopic (exact) mass is 440 g/mol. The van der Waals surface area contributed by atoms with Crippen LogP contribution in [0.15, 0.2) is 24.4 Å². The number of amides is 1. The van der Waals surface area contributed by atoms with Crippen LogP contribution in [0.2, 0.25) is 0 Å². The summed E-state index contributed by atoms with van der Waals surface area (Å²) in [6.45, 7) is 3.63. The number of nitrogens with one attached hydrogen (secondary N) is 2. The highest BCUT2D eigenvalue weighted by Crippen LogP contribution is 2.35. The summed E-state index contributed by atoms with van der Waals surface area (Å²) < 4.78 is 16.2. The maximum absolute atomic E-state index is 14.8. The number of nitriles is 1. The zero-order valence-electron chi connectivity index (χ0n) is 18.4. The summed E-state index contributed by atoms with van der Waals surface area (Å²) in [5.41, 5.74) is 0.573. The Bertz CT molecular complexity index is 1030. The highest BCUT2D eigenvalue weighted by Gasteiger charge is 2.43. The molecule has 2 bridgehead atoms. The molecule has 2 fully saturated rings. The molecule has 1 amide bonds. The quantitative estimate of drug-likeness (QED) is 0.577. The van der Waals surface area contributed by atoms with Crippen LogP contribution in [0.25, 0.3) is 5.69 Å². The predicted octanol–water partition coefficient (Wildman–Crippen LogP) is 1.80. The summed E-state index contributed by atoms with van der Waals surface area (Å²) in [4.78, 5) is 12.6. The Morgan fingerprint density at radius 1 is 1.50 bits per heavy atom. The van der Waals surface area contributed by atoms with Gasteiger partial charge < -0.3 is 15.7 Å². The summed E-state index contributed by atoms with van der Waals surface area (Å²) in [5.74, 6) is -0.338. The number of hydrogen-bond acceptors (Lipinski definition) is 6. The van der Waals surface area contributed by atoms with Crippen LogP contribution < -0.4 is 10.6 Å². The lowest BCUT2D eigenvalue weighted by Gasteiger charge is -2.23. The Morgan fingerprint density at radius 2 is 2.31 bits per heavy atom. The van der Waals surface area contributed by atoms with Crippen LogP contribution in [-0.4, -0.2) is 49.7 Å². The summed E-state index contributed by atoms with van der Waals surface area (Å²) in [6, 6.07) is 6.03. The highest BCUT2D eigenvalue weighted by molar-refractivity contribution is 5.83. The van der Waals surface area contributed by atoms with Crippen LogP contribution in [0.4, 0.5) is 4.39 Å². The molecule has 2 aromatic rings. The van der Waals surface area contributed by atoms with Gasteiger partial charge >= 0.3 is 0 Å². The van der Waals surface area contributed by atoms with Crippen molar-refractivity contribution >= 4 is 5.91 Å². The van der Waals surface area contributed by atoms with Gasteiger partial charge in [-0.2, -0.15) is 5.26 Å². The van der Waals surface area contributed by atoms with Crippen LogP contribution in [0.5, 0.6) is 0 Å². The number of nitrogens with zero attached hydrogens (tertiary/aromatic N) is 4. The summed E-state index contributed by atoms with van der Waals surface area (Å²) in [7, 11) is 0. The number of benzene rings is 1. The minimum Gasteiger partial charge on any atom is -0.390 e. The predicted molar refractivity (Wildman–Crippen MR) is 115 cm³/mol. The van der Waals surface area contributed by atoms with Crippen LogP contribution >= 0.6 is 0 Å². The van der Waals surface area contributed by atoms with Gasteiger partial charge in [0.1, 0.15) is 11.9 Å². The lowest BCUT2D eigenvalue weighted by atomic mass is 9.98. The molecule has 0 spiro atoms. The van der Waals surface area contributed by atoms with E-state index < -0.39 is 17.5 Å². The van der Waals surface area contributed by atoms with E-state index in [-0.39, 0.29) is 18.4 Å². The third kappa shape index (κ3) is 4.81. The van der Waals surface area contributed by atoms with Crippen molar-refractivity contribution in [1.29, 1.82) is 5.26 Å². The molecule has 2 aliphatic rings. The van der Waals surface area contributed by atoms with Gasteiger partial charge in [-0.15, -0.1) is 5.10 Å². The smallest absolute Gasteiger partial charge is 0.238 e. The van der Waals surface area contributed by atoms with Gasteiger partial charge in [0.05, 0.1) is 35.3 Å². The number of carbonyl (C=O) groups excluding carboxylic acids is 1. The van der Waals surface area contributed by atoms with E-state index in [1.807, 2.05) is 6.92 Å². The number of fused-ring (bicyclic) bond motifs is 2. The number of halogens is 1. The standard InChI is InChI=1S/C23H29FN6O2/c1-3-23(2,32)11-18-13-30(29-28-18)19-7-5-14(20(24)10-19)8-17(12-25)27-22(31)21-15-4-6-16(9-15)26-21/h5,7,10,13,15-17,21,26,32H,3-4,6,8-9,11H2,1-2H3,(H,27,31). The Morgan fingerprint density at radius 3 is 2.94 bits per heavy atom. The van der Waals surface area contributed by atoms with Gasteiger partial charge in [0, 0.05) is 18.9 Å². The third-order valence-corrected chi connectivity index (χ3v) is 6.70. The zero-order chi connectivity index (χ0) is 22.9. The molecule has 1 aromatic heterocycles. The molecule has 170 valence electrons. The largest absolute Gasteiger partial charge is 0.390 e. The van der Waals surface area contributed by atoms with E-state index >= 15 is 0 Å². The lowest BCUT2D eigenvalue weighted by molar-refractivity contribution is -0.124. The van der Waals surface area contributed by atoms with E-state index in [1.165, 1.54) is 10.7 Å². The average molecular weight is 441 g/mol. The van der Waals surface area contributed by atoms with E-state index in [2.05, 4.69) is 27.0 Å². The fourth-order valence-corrected chi connectivity index (χ4v) is 4.63. The summed E-state index contributed by atoms with van der Waals surface area (Å²) >= 11 is 0. The highest BCUT2D eigenvalue weighted by atomic mass is 19.1. The molecule has 1 saturated carbocycles. The van der Waals surface area contributed by atoms with Gasteiger partial charge in [-0.05, 0) is 56.2 Å². The number of aromatic nitrogens is 3. The first-order valence-corrected chi connectivity index (χ1v) is 11.2. The number of carbonyl (C=O) groups is 1. The Labute approximate surface area is 186 Å². The van der Waals surface area contributed by atoms with E-state index in [0.29, 0.717) is 41.7 Å². The van der Waals surface area contributed by atoms with Gasteiger partial charge in [0.2, 0.25) is 5.91 Å². The van der Waals surface area contributed by atoms with Gasteiger partial charge in [-0.3, -0.25) is 4.79 Å². The Balaban J connectivity index is 1.40. The number of piperidine rings is 1. The van der Waals surface area contributed by atoms with E-state index in [4.69, 9.17) is 0 Å². The van der Waals surface area contributed by atoms with Crippen molar-refractivity contribution in [1.82, 2.24) is 25.6 Å². The number of rotatable bonds is 8. The van der Waals surface area contributed by atoms with Crippen LogP contribution in [0.3, 0.4) is 0 Å². The van der Waals surface area contributed by atoms with Crippen molar-refractivity contribution < 1.29 is 14.3 Å². The fraction of sp³-hybridized carbons (Fsp3) is 0.565. The second-order valence-corrected chi connectivity index (χ2v) is 9.27. The molecule has 4 rings (SSSR count). The third-order valence-electron chi connectivity index (χ3n) is 6.70. The summed E-state index contributed by atoms with van der Waals surface area (Å²) in [5, 5.41) is 33.9. The van der Waals surface area contributed by atoms with Crippen LogP contribution in [0, 0.1) is 23.1 Å². The second-order valence-electron chi connectivity index (χ2n) is 9.27. The molecule has 1 aliphatic carbocycles. The maximum atomic E-state index is 14.8. The Kier molecular flexibility index (Phi) is 6.26. The molecule has 2 heterocycles. The molecule has 9 heteroatoms. The molecule has 1 aromatic carbocycles. The minimum absolute atomic E-state index is 0.0805. The molecule has 0 radical (unpaired) electrons. The fourth-order valence-electron chi connectivity index (χ4n) is 4.63. The SMILES string of the molecule is CCC(C)(O)Cc1cn(-c2ccc(CC(C#N)NC(=O)C3NC4CCC3C4)c(F)c2)nn1. The first-order valence-electron chi connectivity index (χ1n) is 11.2. The van der Waals surface area contributed by atoms with Gasteiger partial charge in [-0.25, -0.2) is 9.07 Å².